The van der Waals surface area contributed by atoms with Gasteiger partial charge in [-0.05, 0) is 56.3 Å². The smallest absolute Gasteiger partial charge is 0.238 e. The van der Waals surface area contributed by atoms with Gasteiger partial charge >= 0.3 is 0 Å². The van der Waals surface area contributed by atoms with E-state index in [1.54, 1.807) is 30.7 Å². The van der Waals surface area contributed by atoms with Crippen molar-refractivity contribution < 1.29 is 13.2 Å². The number of ether oxygens (including phenoxy) is 1. The highest BCUT2D eigenvalue weighted by Gasteiger charge is 2.21. The first-order chi connectivity index (χ1) is 16.9. The Morgan fingerprint density at radius 2 is 1.69 bits per heavy atom. The summed E-state index contributed by atoms with van der Waals surface area (Å²) in [6.07, 6.45) is 6.81. The summed E-state index contributed by atoms with van der Waals surface area (Å²) in [6, 6.07) is 9.90. The summed E-state index contributed by atoms with van der Waals surface area (Å²) in [7, 11) is -3.77. The van der Waals surface area contributed by atoms with Crippen LogP contribution in [0.1, 0.15) is 12.8 Å². The topological polar surface area (TPSA) is 171 Å². The highest BCUT2D eigenvalue weighted by Crippen LogP contribution is 2.37. The molecule has 0 saturated carbocycles. The minimum Gasteiger partial charge on any atom is -0.487 e. The first-order valence-corrected chi connectivity index (χ1v) is 12.6. The fourth-order valence-electron chi connectivity index (χ4n) is 3.89. The fraction of sp³-hybridized carbons (Fsp3) is 0.217. The molecule has 11 nitrogen and oxygen atoms in total. The summed E-state index contributed by atoms with van der Waals surface area (Å²) >= 11 is 0. The second-order valence-corrected chi connectivity index (χ2v) is 9.73. The average Bonchev–Trinajstić information content (AvgIpc) is 2.85. The van der Waals surface area contributed by atoms with Crippen LogP contribution >= 0.6 is 0 Å². The maximum Gasteiger partial charge on any atom is 0.238 e. The van der Waals surface area contributed by atoms with Crippen LogP contribution in [0.2, 0.25) is 0 Å². The number of hydrogen-bond acceptors (Lipinski definition) is 10. The Kier molecular flexibility index (Phi) is 6.16. The van der Waals surface area contributed by atoms with E-state index in [4.69, 9.17) is 20.6 Å². The van der Waals surface area contributed by atoms with Gasteiger partial charge in [0.05, 0.1) is 4.90 Å². The van der Waals surface area contributed by atoms with Gasteiger partial charge in [0.15, 0.2) is 5.75 Å². The van der Waals surface area contributed by atoms with Crippen LogP contribution in [0.3, 0.4) is 0 Å². The lowest BCUT2D eigenvalue weighted by molar-refractivity contribution is 0.165. The number of sulfonamides is 1. The molecule has 35 heavy (non-hydrogen) atoms. The van der Waals surface area contributed by atoms with E-state index in [9.17, 15) is 8.42 Å². The molecule has 1 aliphatic rings. The molecule has 0 atom stereocenters. The Balaban J connectivity index is 1.55. The minimum atomic E-state index is -3.77. The van der Waals surface area contributed by atoms with Crippen molar-refractivity contribution >= 4 is 38.5 Å². The largest absolute Gasteiger partial charge is 0.487 e. The van der Waals surface area contributed by atoms with Gasteiger partial charge in [-0.15, -0.1) is 0 Å². The summed E-state index contributed by atoms with van der Waals surface area (Å²) in [4.78, 5) is 17.4. The standard InChI is InChI=1S/C23H24N8O3S/c24-22-27-12-15(13-28-22)19-6-1-14-11-29-23(30-16-2-4-18(5-3-16)35(25,32)33)31-20(14)21(19)34-17-7-9-26-10-8-17/h1-6,11-13,17,26H,7-10H2,(H2,24,27,28)(H2,25,32,33)(H,29,30,31). The molecule has 0 amide bonds. The normalized spacial score (nSPS) is 14.7. The van der Waals surface area contributed by atoms with Crippen molar-refractivity contribution in [3.63, 3.8) is 0 Å². The van der Waals surface area contributed by atoms with Crippen molar-refractivity contribution in [2.75, 3.05) is 24.1 Å². The maximum atomic E-state index is 11.5. The van der Waals surface area contributed by atoms with E-state index in [2.05, 4.69) is 25.6 Å². The molecule has 1 aliphatic heterocycles. The quantitative estimate of drug-likeness (QED) is 0.313. The van der Waals surface area contributed by atoms with Gasteiger partial charge in [0.25, 0.3) is 0 Å². The van der Waals surface area contributed by atoms with E-state index in [1.165, 1.54) is 12.1 Å². The zero-order valence-electron chi connectivity index (χ0n) is 18.7. The molecule has 5 rings (SSSR count). The third kappa shape index (κ3) is 5.14. The molecule has 4 aromatic rings. The number of hydrogen-bond donors (Lipinski definition) is 4. The predicted molar refractivity (Wildman–Crippen MR) is 133 cm³/mol. The monoisotopic (exact) mass is 492 g/mol. The molecule has 1 fully saturated rings. The van der Waals surface area contributed by atoms with Crippen molar-refractivity contribution in [3.05, 3.63) is 55.0 Å². The molecule has 0 aliphatic carbocycles. The third-order valence-corrected chi connectivity index (χ3v) is 6.63. The number of nitrogens with zero attached hydrogens (tertiary/aromatic N) is 4. The summed E-state index contributed by atoms with van der Waals surface area (Å²) in [6.45, 7) is 1.76. The van der Waals surface area contributed by atoms with E-state index >= 15 is 0 Å². The van der Waals surface area contributed by atoms with Crippen molar-refractivity contribution in [3.8, 4) is 16.9 Å². The summed E-state index contributed by atoms with van der Waals surface area (Å²) in [5.74, 6) is 1.15. The summed E-state index contributed by atoms with van der Waals surface area (Å²) < 4.78 is 29.6. The van der Waals surface area contributed by atoms with E-state index < -0.39 is 10.0 Å². The van der Waals surface area contributed by atoms with Gasteiger partial charge in [-0.1, -0.05) is 6.07 Å². The highest BCUT2D eigenvalue weighted by molar-refractivity contribution is 7.89. The van der Waals surface area contributed by atoms with Crippen molar-refractivity contribution in [2.45, 2.75) is 23.8 Å². The molecular weight excluding hydrogens is 468 g/mol. The van der Waals surface area contributed by atoms with E-state index in [1.807, 2.05) is 12.1 Å². The number of aromatic nitrogens is 4. The molecule has 180 valence electrons. The van der Waals surface area contributed by atoms with Gasteiger partial charge in [-0.3, -0.25) is 0 Å². The van der Waals surface area contributed by atoms with Crippen molar-refractivity contribution in [1.29, 1.82) is 0 Å². The number of piperidine rings is 1. The van der Waals surface area contributed by atoms with Crippen molar-refractivity contribution in [1.82, 2.24) is 25.3 Å². The maximum absolute atomic E-state index is 11.5. The molecule has 0 unspecified atom stereocenters. The first kappa shape index (κ1) is 22.9. The molecule has 2 aromatic heterocycles. The van der Waals surface area contributed by atoms with Gasteiger partial charge in [0, 0.05) is 40.8 Å². The molecule has 1 saturated heterocycles. The van der Waals surface area contributed by atoms with Gasteiger partial charge < -0.3 is 21.1 Å². The lowest BCUT2D eigenvalue weighted by Crippen LogP contribution is -2.34. The molecule has 2 aromatic carbocycles. The minimum absolute atomic E-state index is 0.0236. The molecule has 3 heterocycles. The number of anilines is 3. The van der Waals surface area contributed by atoms with E-state index in [0.29, 0.717) is 22.9 Å². The number of fused-ring (bicyclic) bond motifs is 1. The van der Waals surface area contributed by atoms with Crippen LogP contribution in [0.5, 0.6) is 5.75 Å². The number of nitrogens with two attached hydrogens (primary N) is 2. The Hall–Kier alpha value is -3.87. The fourth-order valence-corrected chi connectivity index (χ4v) is 4.41. The molecule has 0 spiro atoms. The first-order valence-electron chi connectivity index (χ1n) is 11.0. The second-order valence-electron chi connectivity index (χ2n) is 8.17. The lowest BCUT2D eigenvalue weighted by atomic mass is 10.0. The van der Waals surface area contributed by atoms with Gasteiger partial charge in [-0.2, -0.15) is 0 Å². The van der Waals surface area contributed by atoms with Crippen LogP contribution in [0.15, 0.2) is 59.9 Å². The SMILES string of the molecule is Nc1ncc(-c2ccc3cnc(Nc4ccc(S(N)(=O)=O)cc4)nc3c2OC2CCNCC2)cn1. The Morgan fingerprint density at radius 3 is 2.37 bits per heavy atom. The number of rotatable bonds is 6. The van der Waals surface area contributed by atoms with Crippen molar-refractivity contribution in [2.24, 2.45) is 5.14 Å². The molecule has 12 heteroatoms. The van der Waals surface area contributed by atoms with Crippen LogP contribution in [0, 0.1) is 0 Å². The average molecular weight is 493 g/mol. The van der Waals surface area contributed by atoms with Gasteiger partial charge in [0.1, 0.15) is 11.6 Å². The molecule has 0 radical (unpaired) electrons. The van der Waals surface area contributed by atoms with Gasteiger partial charge in [-0.25, -0.2) is 33.5 Å². The lowest BCUT2D eigenvalue weighted by Gasteiger charge is -2.25. The second kappa shape index (κ2) is 9.41. The zero-order chi connectivity index (χ0) is 24.4. The number of primary sulfonamides is 1. The van der Waals surface area contributed by atoms with Crippen LogP contribution < -0.4 is 26.2 Å². The summed E-state index contributed by atoms with van der Waals surface area (Å²) in [5, 5.41) is 12.4. The zero-order valence-corrected chi connectivity index (χ0v) is 19.5. The Labute approximate surface area is 202 Å². The number of benzene rings is 2. The molecule has 0 bridgehead atoms. The van der Waals surface area contributed by atoms with Crippen LogP contribution in [-0.2, 0) is 10.0 Å². The molecule has 6 N–H and O–H groups in total. The van der Waals surface area contributed by atoms with Gasteiger partial charge in [0.2, 0.25) is 21.9 Å². The van der Waals surface area contributed by atoms with E-state index in [-0.39, 0.29) is 16.9 Å². The third-order valence-electron chi connectivity index (χ3n) is 5.70. The number of nitrogens with one attached hydrogen (secondary N) is 2. The van der Waals surface area contributed by atoms with Crippen LogP contribution in [0.4, 0.5) is 17.6 Å². The van der Waals surface area contributed by atoms with Crippen LogP contribution in [0.25, 0.3) is 22.0 Å². The summed E-state index contributed by atoms with van der Waals surface area (Å²) in [5.41, 5.74) is 8.49. The Morgan fingerprint density at radius 1 is 0.971 bits per heavy atom. The predicted octanol–water partition coefficient (Wildman–Crippen LogP) is 2.19. The molecular formula is C23H24N8O3S. The highest BCUT2D eigenvalue weighted by atomic mass is 32.2. The Bertz CT molecular complexity index is 1460. The van der Waals surface area contributed by atoms with Crippen LogP contribution in [-0.4, -0.2) is 47.5 Å². The van der Waals surface area contributed by atoms with E-state index in [0.717, 1.165) is 42.4 Å². The number of nitrogen functional groups attached to an aromatic ring is 1.